The number of ether oxygens (including phenoxy) is 2. The Morgan fingerprint density at radius 2 is 1.82 bits per heavy atom. The average Bonchev–Trinajstić information content (AvgIpc) is 2.86. The number of aromatic carboxylic acids is 1. The van der Waals surface area contributed by atoms with Gasteiger partial charge in [-0.15, -0.1) is 0 Å². The monoisotopic (exact) mass is 598 g/mol. The van der Waals surface area contributed by atoms with Gasteiger partial charge in [0.2, 0.25) is 0 Å². The number of nitrogens with zero attached hydrogens (tertiary/aromatic N) is 1. The first-order valence-electron chi connectivity index (χ1n) is 11.3. The summed E-state index contributed by atoms with van der Waals surface area (Å²) in [6.45, 7) is 2.35. The zero-order valence-electron chi connectivity index (χ0n) is 19.9. The van der Waals surface area contributed by atoms with Crippen molar-refractivity contribution < 1.29 is 33.8 Å². The topological polar surface area (TPSA) is 122 Å². The Kier molecular flexibility index (Phi) is 8.13. The number of carbonyl (C=O) groups excluding carboxylic acids is 3. The van der Waals surface area contributed by atoms with Crippen molar-refractivity contribution in [2.24, 2.45) is 0 Å². The number of carboxylic acid groups (broad SMARTS) is 1. The van der Waals surface area contributed by atoms with Gasteiger partial charge in [-0.3, -0.25) is 14.9 Å². The Hall–Kier alpha value is -4.15. The van der Waals surface area contributed by atoms with Crippen molar-refractivity contribution in [1.29, 1.82) is 0 Å². The van der Waals surface area contributed by atoms with Crippen molar-refractivity contribution in [3.8, 4) is 11.5 Å². The first kappa shape index (κ1) is 26.9. The van der Waals surface area contributed by atoms with Gasteiger partial charge in [-0.2, -0.15) is 0 Å². The van der Waals surface area contributed by atoms with Crippen LogP contribution in [0.15, 0.2) is 70.7 Å². The molecule has 11 heteroatoms. The number of barbiturate groups is 1. The van der Waals surface area contributed by atoms with Gasteiger partial charge in [0.05, 0.1) is 22.3 Å². The number of hydrogen-bond donors (Lipinski definition) is 2. The van der Waals surface area contributed by atoms with E-state index in [-0.39, 0.29) is 23.4 Å². The second kappa shape index (κ2) is 11.5. The van der Waals surface area contributed by atoms with Gasteiger partial charge in [0.1, 0.15) is 12.2 Å². The molecular weight excluding hydrogens is 580 g/mol. The van der Waals surface area contributed by atoms with Crippen LogP contribution in [-0.4, -0.2) is 35.5 Å². The van der Waals surface area contributed by atoms with Gasteiger partial charge in [-0.1, -0.05) is 23.7 Å². The average molecular weight is 600 g/mol. The Bertz CT molecular complexity index is 1470. The van der Waals surface area contributed by atoms with Crippen molar-refractivity contribution in [3.63, 3.8) is 0 Å². The molecule has 3 aromatic rings. The molecule has 4 amide bonds. The molecule has 194 valence electrons. The molecule has 1 aliphatic heterocycles. The van der Waals surface area contributed by atoms with Crippen LogP contribution in [0.1, 0.15) is 28.4 Å². The van der Waals surface area contributed by atoms with E-state index in [2.05, 4.69) is 21.2 Å². The number of carboxylic acids is 1. The third kappa shape index (κ3) is 5.87. The van der Waals surface area contributed by atoms with E-state index in [0.29, 0.717) is 33.2 Å². The van der Waals surface area contributed by atoms with Crippen LogP contribution in [0.3, 0.4) is 0 Å². The van der Waals surface area contributed by atoms with Crippen molar-refractivity contribution >= 4 is 63.1 Å². The Morgan fingerprint density at radius 1 is 1.08 bits per heavy atom. The molecule has 9 nitrogen and oxygen atoms in total. The number of anilines is 1. The number of amides is 4. The first-order valence-corrected chi connectivity index (χ1v) is 12.4. The largest absolute Gasteiger partial charge is 0.490 e. The molecular formula is C27H20BrClN2O7. The van der Waals surface area contributed by atoms with E-state index < -0.39 is 23.8 Å². The van der Waals surface area contributed by atoms with E-state index in [9.17, 15) is 19.2 Å². The lowest BCUT2D eigenvalue weighted by molar-refractivity contribution is -0.122. The number of imide groups is 2. The van der Waals surface area contributed by atoms with Crippen molar-refractivity contribution in [2.75, 3.05) is 11.5 Å². The maximum absolute atomic E-state index is 13.2. The maximum Gasteiger partial charge on any atom is 0.335 e. The van der Waals surface area contributed by atoms with Crippen LogP contribution in [0.4, 0.5) is 10.5 Å². The summed E-state index contributed by atoms with van der Waals surface area (Å²) in [5, 5.41) is 11.8. The zero-order chi connectivity index (χ0) is 27.4. The molecule has 0 unspecified atom stereocenters. The van der Waals surface area contributed by atoms with Crippen LogP contribution in [0.5, 0.6) is 11.5 Å². The van der Waals surface area contributed by atoms with Gasteiger partial charge in [-0.05, 0) is 88.6 Å². The van der Waals surface area contributed by atoms with Gasteiger partial charge < -0.3 is 14.6 Å². The smallest absolute Gasteiger partial charge is 0.335 e. The van der Waals surface area contributed by atoms with Crippen molar-refractivity contribution in [1.82, 2.24) is 5.32 Å². The molecule has 3 aromatic carbocycles. The zero-order valence-corrected chi connectivity index (χ0v) is 22.2. The van der Waals surface area contributed by atoms with Gasteiger partial charge in [0.25, 0.3) is 11.8 Å². The fraction of sp³-hybridized carbons (Fsp3) is 0.111. The molecule has 1 aliphatic rings. The number of benzene rings is 3. The Labute approximate surface area is 230 Å². The number of rotatable bonds is 8. The summed E-state index contributed by atoms with van der Waals surface area (Å²) in [5.74, 6) is -2.09. The number of urea groups is 1. The molecule has 2 N–H and O–H groups in total. The van der Waals surface area contributed by atoms with Crippen molar-refractivity contribution in [2.45, 2.75) is 13.5 Å². The second-order valence-electron chi connectivity index (χ2n) is 7.99. The Morgan fingerprint density at radius 3 is 2.47 bits per heavy atom. The summed E-state index contributed by atoms with van der Waals surface area (Å²) in [5.41, 5.74) is 1.08. The van der Waals surface area contributed by atoms with Crippen LogP contribution >= 0.6 is 27.5 Å². The van der Waals surface area contributed by atoms with Gasteiger partial charge in [0, 0.05) is 5.02 Å². The van der Waals surface area contributed by atoms with E-state index in [1.807, 2.05) is 12.1 Å². The minimum absolute atomic E-state index is 0.0172. The van der Waals surface area contributed by atoms with E-state index in [1.165, 1.54) is 30.3 Å². The Balaban J connectivity index is 1.65. The van der Waals surface area contributed by atoms with Crippen LogP contribution in [-0.2, 0) is 16.2 Å². The predicted octanol–water partition coefficient (Wildman–Crippen LogP) is 5.44. The lowest BCUT2D eigenvalue weighted by Gasteiger charge is -2.26. The molecule has 0 atom stereocenters. The fourth-order valence-electron chi connectivity index (χ4n) is 3.67. The summed E-state index contributed by atoms with van der Waals surface area (Å²) in [6.07, 6.45) is 1.33. The van der Waals surface area contributed by atoms with Crippen molar-refractivity contribution in [3.05, 3.63) is 92.4 Å². The molecule has 0 spiro atoms. The summed E-state index contributed by atoms with van der Waals surface area (Å²) < 4.78 is 12.2. The minimum Gasteiger partial charge on any atom is -0.490 e. The number of halogens is 2. The standard InChI is InChI=1S/C27H20BrClN2O7/c1-2-37-22-13-16(12-21(28)23(22)38-14-15-4-3-5-18(29)10-15)11-20-24(32)30-27(36)31(25(20)33)19-8-6-17(7-9-19)26(34)35/h3-13H,2,14H2,1H3,(H,34,35)(H,30,32,36)/b20-11+. The minimum atomic E-state index is -1.16. The summed E-state index contributed by atoms with van der Waals surface area (Å²) in [6, 6.07) is 14.7. The maximum atomic E-state index is 13.2. The lowest BCUT2D eigenvalue weighted by Crippen LogP contribution is -2.54. The van der Waals surface area contributed by atoms with Crippen LogP contribution in [0.2, 0.25) is 5.02 Å². The summed E-state index contributed by atoms with van der Waals surface area (Å²) in [7, 11) is 0. The highest BCUT2D eigenvalue weighted by molar-refractivity contribution is 9.10. The highest BCUT2D eigenvalue weighted by Crippen LogP contribution is 2.38. The normalized spacial score (nSPS) is 14.4. The number of carbonyl (C=O) groups is 4. The van der Waals surface area contributed by atoms with E-state index in [4.69, 9.17) is 26.2 Å². The molecule has 1 heterocycles. The SMILES string of the molecule is CCOc1cc(/C=C2\C(=O)NC(=O)N(c3ccc(C(=O)O)cc3)C2=O)cc(Br)c1OCc1cccc(Cl)c1. The molecule has 0 aliphatic carbocycles. The molecule has 1 saturated heterocycles. The van der Waals surface area contributed by atoms with E-state index in [0.717, 1.165) is 10.5 Å². The summed E-state index contributed by atoms with van der Waals surface area (Å²) in [4.78, 5) is 50.1. The lowest BCUT2D eigenvalue weighted by atomic mass is 10.1. The van der Waals surface area contributed by atoms with Crippen LogP contribution in [0.25, 0.3) is 6.08 Å². The van der Waals surface area contributed by atoms with E-state index >= 15 is 0 Å². The highest BCUT2D eigenvalue weighted by atomic mass is 79.9. The third-order valence-corrected chi connectivity index (χ3v) is 6.21. The first-order chi connectivity index (χ1) is 18.2. The fourth-order valence-corrected chi connectivity index (χ4v) is 4.46. The number of hydrogen-bond acceptors (Lipinski definition) is 6. The van der Waals surface area contributed by atoms with E-state index in [1.54, 1.807) is 31.2 Å². The third-order valence-electron chi connectivity index (χ3n) is 5.39. The van der Waals surface area contributed by atoms with Gasteiger partial charge in [-0.25, -0.2) is 14.5 Å². The van der Waals surface area contributed by atoms with Crippen LogP contribution < -0.4 is 19.7 Å². The molecule has 38 heavy (non-hydrogen) atoms. The van der Waals surface area contributed by atoms with Gasteiger partial charge in [0.15, 0.2) is 11.5 Å². The molecule has 0 aromatic heterocycles. The quantitative estimate of drug-likeness (QED) is 0.261. The molecule has 0 bridgehead atoms. The molecule has 1 fully saturated rings. The second-order valence-corrected chi connectivity index (χ2v) is 9.28. The number of nitrogens with one attached hydrogen (secondary N) is 1. The molecule has 4 rings (SSSR count). The molecule has 0 radical (unpaired) electrons. The summed E-state index contributed by atoms with van der Waals surface area (Å²) >= 11 is 9.52. The van der Waals surface area contributed by atoms with Gasteiger partial charge >= 0.3 is 12.0 Å². The van der Waals surface area contributed by atoms with Crippen LogP contribution in [0, 0.1) is 0 Å². The highest BCUT2D eigenvalue weighted by Gasteiger charge is 2.37. The predicted molar refractivity (Wildman–Crippen MR) is 143 cm³/mol. The molecule has 0 saturated carbocycles.